The van der Waals surface area contributed by atoms with E-state index in [1.54, 1.807) is 0 Å². The van der Waals surface area contributed by atoms with E-state index in [4.69, 9.17) is 19.4 Å². The molecule has 13 rings (SSSR count). The van der Waals surface area contributed by atoms with Crippen molar-refractivity contribution < 1.29 is 4.42 Å². The van der Waals surface area contributed by atoms with Crippen molar-refractivity contribution in [1.82, 2.24) is 19.5 Å². The van der Waals surface area contributed by atoms with Crippen molar-refractivity contribution in [3.8, 4) is 51.0 Å². The van der Waals surface area contributed by atoms with Gasteiger partial charge in [-0.25, -0.2) is 15.0 Å². The molecule has 5 nitrogen and oxygen atoms in total. The van der Waals surface area contributed by atoms with Crippen molar-refractivity contribution >= 4 is 76.1 Å². The van der Waals surface area contributed by atoms with Crippen LogP contribution in [0.1, 0.15) is 0 Å². The average Bonchev–Trinajstić information content (AvgIpc) is 3.90. The molecule has 288 valence electrons. The van der Waals surface area contributed by atoms with Crippen molar-refractivity contribution in [1.29, 1.82) is 0 Å². The molecule has 0 atom stereocenters. The first-order chi connectivity index (χ1) is 30.8. The van der Waals surface area contributed by atoms with E-state index in [0.29, 0.717) is 17.5 Å². The number of furan rings is 1. The van der Waals surface area contributed by atoms with Crippen LogP contribution < -0.4 is 0 Å². The molecule has 5 heteroatoms. The van der Waals surface area contributed by atoms with E-state index in [2.05, 4.69) is 187 Å². The molecule has 0 unspecified atom stereocenters. The largest absolute Gasteiger partial charge is 0.455 e. The highest BCUT2D eigenvalue weighted by Gasteiger charge is 2.23. The Morgan fingerprint density at radius 1 is 0.306 bits per heavy atom. The summed E-state index contributed by atoms with van der Waals surface area (Å²) in [6, 6.07) is 72.5. The summed E-state index contributed by atoms with van der Waals surface area (Å²) in [5.41, 5.74) is 9.78. The molecule has 0 aliphatic rings. The van der Waals surface area contributed by atoms with Crippen LogP contribution >= 0.6 is 0 Å². The highest BCUT2D eigenvalue weighted by molar-refractivity contribution is 6.26. The van der Waals surface area contributed by atoms with E-state index < -0.39 is 0 Å². The maximum atomic E-state index is 6.99. The van der Waals surface area contributed by atoms with E-state index in [9.17, 15) is 0 Å². The summed E-state index contributed by atoms with van der Waals surface area (Å²) in [7, 11) is 0. The lowest BCUT2D eigenvalue weighted by molar-refractivity contribution is 0.674. The molecule has 62 heavy (non-hydrogen) atoms. The van der Waals surface area contributed by atoms with E-state index in [0.717, 1.165) is 77.2 Å². The second-order valence-corrected chi connectivity index (χ2v) is 15.9. The Hall–Kier alpha value is -8.41. The van der Waals surface area contributed by atoms with Crippen molar-refractivity contribution in [3.05, 3.63) is 206 Å². The minimum absolute atomic E-state index is 0.594. The van der Waals surface area contributed by atoms with Crippen molar-refractivity contribution in [3.63, 3.8) is 0 Å². The molecule has 0 amide bonds. The maximum Gasteiger partial charge on any atom is 0.166 e. The monoisotopic (exact) mass is 790 g/mol. The van der Waals surface area contributed by atoms with Crippen molar-refractivity contribution in [2.75, 3.05) is 0 Å². The van der Waals surface area contributed by atoms with Crippen LogP contribution in [0.25, 0.3) is 127 Å². The molecule has 3 aromatic heterocycles. The molecule has 0 radical (unpaired) electrons. The Bertz CT molecular complexity index is 3890. The van der Waals surface area contributed by atoms with Gasteiger partial charge < -0.3 is 8.98 Å². The van der Waals surface area contributed by atoms with Gasteiger partial charge in [0.1, 0.15) is 11.2 Å². The highest BCUT2D eigenvalue weighted by atomic mass is 16.3. The summed E-state index contributed by atoms with van der Waals surface area (Å²) in [4.78, 5) is 15.8. The Kier molecular flexibility index (Phi) is 7.54. The predicted octanol–water partition coefficient (Wildman–Crippen LogP) is 15.0. The second-order valence-electron chi connectivity index (χ2n) is 15.9. The normalized spacial score (nSPS) is 11.9. The molecule has 0 aliphatic heterocycles. The number of rotatable bonds is 5. The third-order valence-corrected chi connectivity index (χ3v) is 12.4. The first-order valence-corrected chi connectivity index (χ1v) is 20.9. The van der Waals surface area contributed by atoms with Gasteiger partial charge in [-0.1, -0.05) is 170 Å². The van der Waals surface area contributed by atoms with Gasteiger partial charge in [0.25, 0.3) is 0 Å². The molecule has 10 aromatic carbocycles. The summed E-state index contributed by atoms with van der Waals surface area (Å²) in [5, 5.41) is 11.6. The smallest absolute Gasteiger partial charge is 0.166 e. The zero-order valence-electron chi connectivity index (χ0n) is 33.3. The van der Waals surface area contributed by atoms with Gasteiger partial charge in [0.05, 0.1) is 22.1 Å². The number of hydrogen-bond acceptors (Lipinski definition) is 4. The lowest BCUT2D eigenvalue weighted by atomic mass is 9.93. The third kappa shape index (κ3) is 5.18. The Balaban J connectivity index is 1.05. The van der Waals surface area contributed by atoms with Crippen LogP contribution in [0.3, 0.4) is 0 Å². The second kappa shape index (κ2) is 13.6. The molecule has 0 N–H and O–H groups in total. The fourth-order valence-corrected chi connectivity index (χ4v) is 9.66. The number of aromatic nitrogens is 4. The Morgan fingerprint density at radius 3 is 1.56 bits per heavy atom. The molecular formula is C57H34N4O. The topological polar surface area (TPSA) is 56.7 Å². The van der Waals surface area contributed by atoms with Gasteiger partial charge in [-0.15, -0.1) is 0 Å². The number of benzene rings is 10. The van der Waals surface area contributed by atoms with Crippen LogP contribution in [0.15, 0.2) is 211 Å². The van der Waals surface area contributed by atoms with E-state index >= 15 is 0 Å². The van der Waals surface area contributed by atoms with Crippen LogP contribution in [-0.2, 0) is 0 Å². The van der Waals surface area contributed by atoms with Gasteiger partial charge in [0, 0.05) is 38.4 Å². The number of fused-ring (bicyclic) bond motifs is 13. The Morgan fingerprint density at radius 2 is 0.823 bits per heavy atom. The first kappa shape index (κ1) is 34.5. The summed E-state index contributed by atoms with van der Waals surface area (Å²) in [5.74, 6) is 1.82. The van der Waals surface area contributed by atoms with Gasteiger partial charge in [-0.3, -0.25) is 0 Å². The zero-order valence-corrected chi connectivity index (χ0v) is 33.3. The summed E-state index contributed by atoms with van der Waals surface area (Å²) in [6.07, 6.45) is 0. The molecule has 0 saturated carbocycles. The molecule has 0 saturated heterocycles. The molecular weight excluding hydrogens is 757 g/mol. The molecule has 0 aliphatic carbocycles. The van der Waals surface area contributed by atoms with Crippen LogP contribution in [-0.4, -0.2) is 19.5 Å². The van der Waals surface area contributed by atoms with Crippen LogP contribution in [0.5, 0.6) is 0 Å². The van der Waals surface area contributed by atoms with Gasteiger partial charge in [-0.2, -0.15) is 0 Å². The van der Waals surface area contributed by atoms with E-state index in [1.165, 1.54) is 32.3 Å². The molecule has 13 aromatic rings. The van der Waals surface area contributed by atoms with Crippen LogP contribution in [0.4, 0.5) is 0 Å². The minimum Gasteiger partial charge on any atom is -0.455 e. The first-order valence-electron chi connectivity index (χ1n) is 20.9. The van der Waals surface area contributed by atoms with Gasteiger partial charge in [0.15, 0.2) is 17.5 Å². The average molecular weight is 791 g/mol. The van der Waals surface area contributed by atoms with Crippen LogP contribution in [0.2, 0.25) is 0 Å². The van der Waals surface area contributed by atoms with Gasteiger partial charge >= 0.3 is 0 Å². The lowest BCUT2D eigenvalue weighted by Crippen LogP contribution is -2.03. The van der Waals surface area contributed by atoms with Crippen molar-refractivity contribution in [2.45, 2.75) is 0 Å². The molecule has 0 spiro atoms. The minimum atomic E-state index is 0.594. The molecule has 0 fully saturated rings. The fraction of sp³-hybridized carbons (Fsp3) is 0. The van der Waals surface area contributed by atoms with Gasteiger partial charge in [0.2, 0.25) is 0 Å². The maximum absolute atomic E-state index is 6.99. The van der Waals surface area contributed by atoms with E-state index in [1.807, 2.05) is 24.3 Å². The number of hydrogen-bond donors (Lipinski definition) is 0. The van der Waals surface area contributed by atoms with Crippen molar-refractivity contribution in [2.24, 2.45) is 0 Å². The number of nitrogens with zero attached hydrogens (tertiary/aromatic N) is 4. The molecule has 0 bridgehead atoms. The molecule has 3 heterocycles. The quantitative estimate of drug-likeness (QED) is 0.163. The summed E-state index contributed by atoms with van der Waals surface area (Å²) in [6.45, 7) is 0. The fourth-order valence-electron chi connectivity index (χ4n) is 9.66. The van der Waals surface area contributed by atoms with E-state index in [-0.39, 0.29) is 0 Å². The third-order valence-electron chi connectivity index (χ3n) is 12.4. The standard InChI is InChI=1S/C57H34N4O/c1-3-16-35(17-4-1)38-26-15-27-44-45-32-33-51-52(54(45)62-53(38)44)46-24-11-13-28-49(46)61(51)50-29-14-12-25-47(50)57-59-55(36-18-5-2-6-19-36)58-56(60-57)37-30-31-43-41-22-8-7-20-39(41)40-21-9-10-23-42(40)48(43)34-37/h1-34H. The predicted molar refractivity (Wildman–Crippen MR) is 256 cm³/mol. The van der Waals surface area contributed by atoms with Gasteiger partial charge in [-0.05, 0) is 74.3 Å². The SMILES string of the molecule is c1ccc(-c2nc(-c3ccc4c5ccccc5c5ccccc5c4c3)nc(-c3ccccc3-n3c4ccccc4c4c5oc6c(-c7ccccc7)cccc6c5ccc43)n2)cc1. The lowest BCUT2D eigenvalue weighted by Gasteiger charge is -2.15. The number of para-hydroxylation sites is 3. The Labute approximate surface area is 355 Å². The zero-order chi connectivity index (χ0) is 40.7. The summed E-state index contributed by atoms with van der Waals surface area (Å²) >= 11 is 0. The summed E-state index contributed by atoms with van der Waals surface area (Å²) < 4.78 is 9.32. The highest BCUT2D eigenvalue weighted by Crippen LogP contribution is 2.44. The van der Waals surface area contributed by atoms with Crippen LogP contribution in [0, 0.1) is 0 Å².